The summed E-state index contributed by atoms with van der Waals surface area (Å²) < 4.78 is 5.57. The predicted molar refractivity (Wildman–Crippen MR) is 83.2 cm³/mol. The number of aromatic nitrogens is 2. The van der Waals surface area contributed by atoms with Gasteiger partial charge in [0.2, 0.25) is 5.89 Å². The quantitative estimate of drug-likeness (QED) is 0.902. The van der Waals surface area contributed by atoms with E-state index < -0.39 is 0 Å². The van der Waals surface area contributed by atoms with Crippen molar-refractivity contribution in [2.24, 2.45) is 17.3 Å². The number of nitrogens with zero attached hydrogens (tertiary/aromatic N) is 2. The van der Waals surface area contributed by atoms with Crippen LogP contribution in [0.5, 0.6) is 0 Å². The van der Waals surface area contributed by atoms with Crippen molar-refractivity contribution in [3.8, 4) is 0 Å². The van der Waals surface area contributed by atoms with Gasteiger partial charge in [-0.1, -0.05) is 32.9 Å². The van der Waals surface area contributed by atoms with Crippen molar-refractivity contribution in [2.45, 2.75) is 65.2 Å². The SMILES string of the molecule is CC1CNCC1c1nc(C2CCC(C(C)(C)C)CC2)no1. The summed E-state index contributed by atoms with van der Waals surface area (Å²) in [6, 6.07) is 0. The Morgan fingerprint density at radius 1 is 1.10 bits per heavy atom. The molecule has 2 fully saturated rings. The van der Waals surface area contributed by atoms with Crippen molar-refractivity contribution in [2.75, 3.05) is 13.1 Å². The molecule has 0 radical (unpaired) electrons. The third-order valence-electron chi connectivity index (χ3n) is 5.61. The van der Waals surface area contributed by atoms with E-state index in [1.807, 2.05) is 0 Å². The minimum atomic E-state index is 0.400. The maximum Gasteiger partial charge on any atom is 0.231 e. The van der Waals surface area contributed by atoms with Crippen molar-refractivity contribution in [1.29, 1.82) is 0 Å². The zero-order valence-corrected chi connectivity index (χ0v) is 13.9. The maximum atomic E-state index is 5.57. The topological polar surface area (TPSA) is 51.0 Å². The van der Waals surface area contributed by atoms with Crippen LogP contribution in [0.25, 0.3) is 0 Å². The van der Waals surface area contributed by atoms with Gasteiger partial charge in [0.15, 0.2) is 5.82 Å². The molecule has 3 rings (SSSR count). The maximum absolute atomic E-state index is 5.57. The van der Waals surface area contributed by atoms with Gasteiger partial charge in [0.25, 0.3) is 0 Å². The normalized spacial score (nSPS) is 34.3. The Balaban J connectivity index is 1.63. The van der Waals surface area contributed by atoms with Crippen LogP contribution >= 0.6 is 0 Å². The van der Waals surface area contributed by atoms with Crippen molar-refractivity contribution in [1.82, 2.24) is 15.5 Å². The highest BCUT2D eigenvalue weighted by Crippen LogP contribution is 2.42. The Morgan fingerprint density at radius 2 is 1.81 bits per heavy atom. The molecule has 1 aromatic heterocycles. The zero-order chi connectivity index (χ0) is 15.0. The van der Waals surface area contributed by atoms with Crippen LogP contribution in [0.2, 0.25) is 0 Å². The summed E-state index contributed by atoms with van der Waals surface area (Å²) in [4.78, 5) is 4.74. The Labute approximate surface area is 128 Å². The monoisotopic (exact) mass is 291 g/mol. The molecule has 4 heteroatoms. The highest BCUT2D eigenvalue weighted by atomic mass is 16.5. The van der Waals surface area contributed by atoms with Crippen LogP contribution in [0.4, 0.5) is 0 Å². The lowest BCUT2D eigenvalue weighted by Gasteiger charge is -2.36. The lowest BCUT2D eigenvalue weighted by atomic mass is 9.70. The van der Waals surface area contributed by atoms with Gasteiger partial charge in [0, 0.05) is 12.5 Å². The Bertz CT molecular complexity index is 469. The van der Waals surface area contributed by atoms with E-state index in [4.69, 9.17) is 9.51 Å². The molecule has 2 heterocycles. The molecular weight excluding hydrogens is 262 g/mol. The van der Waals surface area contributed by atoms with E-state index in [1.165, 1.54) is 25.7 Å². The highest BCUT2D eigenvalue weighted by molar-refractivity contribution is 5.04. The second kappa shape index (κ2) is 5.71. The van der Waals surface area contributed by atoms with E-state index in [2.05, 4.69) is 38.2 Å². The molecule has 0 aromatic carbocycles. The van der Waals surface area contributed by atoms with Gasteiger partial charge < -0.3 is 9.84 Å². The summed E-state index contributed by atoms with van der Waals surface area (Å²) in [7, 11) is 0. The van der Waals surface area contributed by atoms with Crippen molar-refractivity contribution >= 4 is 0 Å². The first kappa shape index (κ1) is 15.0. The molecule has 0 bridgehead atoms. The third-order valence-corrected chi connectivity index (χ3v) is 5.61. The van der Waals surface area contributed by atoms with E-state index in [0.29, 0.717) is 23.2 Å². The van der Waals surface area contributed by atoms with Crippen LogP contribution in [-0.2, 0) is 0 Å². The standard InChI is InChI=1S/C17H29N3O/c1-11-9-18-10-14(11)16-19-15(20-21-16)12-5-7-13(8-6-12)17(2,3)4/h11-14,18H,5-10H2,1-4H3. The predicted octanol–water partition coefficient (Wildman–Crippen LogP) is 3.71. The summed E-state index contributed by atoms with van der Waals surface area (Å²) in [5.41, 5.74) is 0.429. The van der Waals surface area contributed by atoms with E-state index in [-0.39, 0.29) is 0 Å². The molecule has 4 nitrogen and oxygen atoms in total. The molecular formula is C17H29N3O. The van der Waals surface area contributed by atoms with E-state index in [1.54, 1.807) is 0 Å². The number of nitrogens with one attached hydrogen (secondary N) is 1. The van der Waals surface area contributed by atoms with Gasteiger partial charge >= 0.3 is 0 Å². The summed E-state index contributed by atoms with van der Waals surface area (Å²) >= 11 is 0. The van der Waals surface area contributed by atoms with Crippen LogP contribution < -0.4 is 5.32 Å². The molecule has 2 atom stereocenters. The summed E-state index contributed by atoms with van der Waals surface area (Å²) in [5, 5.41) is 7.70. The van der Waals surface area contributed by atoms with Gasteiger partial charge in [-0.15, -0.1) is 0 Å². The molecule has 118 valence electrons. The summed E-state index contributed by atoms with van der Waals surface area (Å²) in [5.74, 6) is 4.13. The summed E-state index contributed by atoms with van der Waals surface area (Å²) in [6.45, 7) is 11.4. The molecule has 0 amide bonds. The fraction of sp³-hybridized carbons (Fsp3) is 0.882. The highest BCUT2D eigenvalue weighted by Gasteiger charge is 2.34. The van der Waals surface area contributed by atoms with Crippen molar-refractivity contribution in [3.63, 3.8) is 0 Å². The smallest absolute Gasteiger partial charge is 0.231 e. The van der Waals surface area contributed by atoms with Gasteiger partial charge in [-0.2, -0.15) is 4.98 Å². The van der Waals surface area contributed by atoms with Gasteiger partial charge in [-0.25, -0.2) is 0 Å². The van der Waals surface area contributed by atoms with Crippen LogP contribution in [-0.4, -0.2) is 23.2 Å². The molecule has 21 heavy (non-hydrogen) atoms. The Hall–Kier alpha value is -0.900. The Kier molecular flexibility index (Phi) is 4.08. The lowest BCUT2D eigenvalue weighted by Crippen LogP contribution is -2.25. The van der Waals surface area contributed by atoms with E-state index >= 15 is 0 Å². The molecule has 1 aliphatic heterocycles. The third kappa shape index (κ3) is 3.15. The molecule has 1 aromatic rings. The van der Waals surface area contributed by atoms with Crippen LogP contribution in [0.1, 0.15) is 76.9 Å². The molecule has 1 N–H and O–H groups in total. The second-order valence-electron chi connectivity index (χ2n) is 8.15. The van der Waals surface area contributed by atoms with Gasteiger partial charge in [-0.3, -0.25) is 0 Å². The lowest BCUT2D eigenvalue weighted by molar-refractivity contribution is 0.166. The number of rotatable bonds is 2. The zero-order valence-electron chi connectivity index (χ0n) is 13.9. The van der Waals surface area contributed by atoms with Crippen LogP contribution in [0.3, 0.4) is 0 Å². The first-order valence-corrected chi connectivity index (χ1v) is 8.49. The Morgan fingerprint density at radius 3 is 2.38 bits per heavy atom. The van der Waals surface area contributed by atoms with Crippen LogP contribution in [0.15, 0.2) is 4.52 Å². The number of hydrogen-bond acceptors (Lipinski definition) is 4. The molecule has 1 saturated heterocycles. The number of hydrogen-bond donors (Lipinski definition) is 1. The molecule has 0 spiro atoms. The summed E-state index contributed by atoms with van der Waals surface area (Å²) in [6.07, 6.45) is 5.00. The fourth-order valence-electron chi connectivity index (χ4n) is 3.92. The van der Waals surface area contributed by atoms with E-state index in [9.17, 15) is 0 Å². The largest absolute Gasteiger partial charge is 0.339 e. The average molecular weight is 291 g/mol. The molecule has 1 aliphatic carbocycles. The first-order valence-electron chi connectivity index (χ1n) is 8.49. The average Bonchev–Trinajstić information content (AvgIpc) is 3.06. The van der Waals surface area contributed by atoms with E-state index in [0.717, 1.165) is 30.7 Å². The molecule has 2 aliphatic rings. The van der Waals surface area contributed by atoms with Gasteiger partial charge in [-0.05, 0) is 49.5 Å². The molecule has 1 saturated carbocycles. The van der Waals surface area contributed by atoms with Crippen molar-refractivity contribution in [3.05, 3.63) is 11.7 Å². The van der Waals surface area contributed by atoms with Crippen molar-refractivity contribution < 1.29 is 4.52 Å². The minimum Gasteiger partial charge on any atom is -0.339 e. The minimum absolute atomic E-state index is 0.400. The van der Waals surface area contributed by atoms with Gasteiger partial charge in [0.05, 0.1) is 5.92 Å². The molecule has 2 unspecified atom stereocenters. The fourth-order valence-corrected chi connectivity index (χ4v) is 3.92. The van der Waals surface area contributed by atoms with Gasteiger partial charge in [0.1, 0.15) is 0 Å². The first-order chi connectivity index (χ1) is 9.95. The van der Waals surface area contributed by atoms with Crippen LogP contribution in [0, 0.1) is 17.3 Å². The second-order valence-corrected chi connectivity index (χ2v) is 8.15.